The maximum atomic E-state index is 13.4. The maximum absolute atomic E-state index is 13.4. The van der Waals surface area contributed by atoms with Gasteiger partial charge in [-0.3, -0.25) is 9.59 Å². The molecule has 2 aromatic carbocycles. The molecule has 2 fully saturated rings. The van der Waals surface area contributed by atoms with Crippen LogP contribution in [0.5, 0.6) is 5.75 Å². The standard InChI is InChI=1S/C20H19ClFN3O3/c21-16-11-14(3-6-17(16)22)25-19(27)12-18(20(25)28)24-9-7-23(8-10-24)13-1-4-15(26)5-2-13/h1-6,11,18,26H,7-10,12H2/p+1/t18-/m1/s1. The first kappa shape index (κ1) is 18.7. The van der Waals surface area contributed by atoms with Gasteiger partial charge in [-0.2, -0.15) is 0 Å². The van der Waals surface area contributed by atoms with E-state index in [1.807, 2.05) is 12.1 Å². The summed E-state index contributed by atoms with van der Waals surface area (Å²) in [5, 5.41) is 9.31. The lowest BCUT2D eigenvalue weighted by Gasteiger charge is -2.35. The summed E-state index contributed by atoms with van der Waals surface area (Å²) < 4.78 is 13.4. The van der Waals surface area contributed by atoms with Crippen LogP contribution in [0.15, 0.2) is 42.5 Å². The lowest BCUT2D eigenvalue weighted by atomic mass is 10.1. The highest BCUT2D eigenvalue weighted by Crippen LogP contribution is 2.27. The monoisotopic (exact) mass is 404 g/mol. The number of hydrogen-bond donors (Lipinski definition) is 2. The number of carbonyl (C=O) groups excluding carboxylic acids is 2. The molecule has 0 aromatic heterocycles. The first-order valence-corrected chi connectivity index (χ1v) is 9.52. The van der Waals surface area contributed by atoms with E-state index in [2.05, 4.69) is 4.90 Å². The van der Waals surface area contributed by atoms with Gasteiger partial charge in [0.1, 0.15) is 11.6 Å². The van der Waals surface area contributed by atoms with Gasteiger partial charge in [-0.05, 0) is 42.5 Å². The molecular formula is C20H20ClFN3O3+. The number of imide groups is 1. The van der Waals surface area contributed by atoms with Crippen LogP contribution >= 0.6 is 11.6 Å². The summed E-state index contributed by atoms with van der Waals surface area (Å²) in [5.41, 5.74) is 1.33. The van der Waals surface area contributed by atoms with Crippen LogP contribution in [0.1, 0.15) is 6.42 Å². The first-order chi connectivity index (χ1) is 13.4. The van der Waals surface area contributed by atoms with Gasteiger partial charge in [-0.15, -0.1) is 0 Å². The molecule has 0 saturated carbocycles. The van der Waals surface area contributed by atoms with Gasteiger partial charge in [0.05, 0.1) is 43.3 Å². The third-order valence-electron chi connectivity index (χ3n) is 5.42. The molecular weight excluding hydrogens is 385 g/mol. The van der Waals surface area contributed by atoms with Crippen molar-refractivity contribution in [2.45, 2.75) is 12.5 Å². The van der Waals surface area contributed by atoms with E-state index >= 15 is 0 Å². The molecule has 146 valence electrons. The highest BCUT2D eigenvalue weighted by molar-refractivity contribution is 6.31. The summed E-state index contributed by atoms with van der Waals surface area (Å²) in [7, 11) is 0. The summed E-state index contributed by atoms with van der Waals surface area (Å²) in [6.07, 6.45) is 0.141. The number of carbonyl (C=O) groups is 2. The van der Waals surface area contributed by atoms with Crippen molar-refractivity contribution in [2.75, 3.05) is 36.0 Å². The van der Waals surface area contributed by atoms with Crippen molar-refractivity contribution >= 4 is 34.8 Å². The van der Waals surface area contributed by atoms with Crippen molar-refractivity contribution in [3.63, 3.8) is 0 Å². The number of amides is 2. The van der Waals surface area contributed by atoms with Gasteiger partial charge in [0.15, 0.2) is 6.04 Å². The predicted octanol–water partition coefficient (Wildman–Crippen LogP) is 1.22. The molecule has 2 saturated heterocycles. The van der Waals surface area contributed by atoms with Gasteiger partial charge >= 0.3 is 0 Å². The van der Waals surface area contributed by atoms with Crippen molar-refractivity contribution < 1.29 is 24.0 Å². The minimum Gasteiger partial charge on any atom is -0.508 e. The van der Waals surface area contributed by atoms with Gasteiger partial charge < -0.3 is 14.9 Å². The zero-order valence-corrected chi connectivity index (χ0v) is 15.8. The second kappa shape index (κ2) is 7.41. The Morgan fingerprint density at radius 2 is 1.68 bits per heavy atom. The number of benzene rings is 2. The Labute approximate surface area is 166 Å². The van der Waals surface area contributed by atoms with Crippen molar-refractivity contribution in [2.24, 2.45) is 0 Å². The Hall–Kier alpha value is -2.64. The minimum atomic E-state index is -0.586. The Balaban J connectivity index is 1.44. The van der Waals surface area contributed by atoms with Crippen molar-refractivity contribution in [3.8, 4) is 5.75 Å². The average Bonchev–Trinajstić information content (AvgIpc) is 2.99. The zero-order chi connectivity index (χ0) is 19.8. The number of anilines is 2. The van der Waals surface area contributed by atoms with E-state index in [0.717, 1.165) is 47.7 Å². The summed E-state index contributed by atoms with van der Waals surface area (Å²) in [6.45, 7) is 2.95. The molecule has 6 nitrogen and oxygen atoms in total. The minimum absolute atomic E-state index is 0.114. The zero-order valence-electron chi connectivity index (χ0n) is 15.1. The molecule has 0 aliphatic carbocycles. The van der Waals surface area contributed by atoms with E-state index in [1.54, 1.807) is 12.1 Å². The van der Waals surface area contributed by atoms with Crippen molar-refractivity contribution in [3.05, 3.63) is 53.3 Å². The van der Waals surface area contributed by atoms with Gasteiger partial charge in [0.2, 0.25) is 5.91 Å². The highest BCUT2D eigenvalue weighted by atomic mass is 35.5. The number of aromatic hydroxyl groups is 1. The van der Waals surface area contributed by atoms with Gasteiger partial charge in [-0.25, -0.2) is 9.29 Å². The third kappa shape index (κ3) is 3.43. The van der Waals surface area contributed by atoms with Crippen LogP contribution in [0.25, 0.3) is 0 Å². The molecule has 2 aliphatic rings. The number of hydrogen-bond acceptors (Lipinski definition) is 4. The fourth-order valence-electron chi connectivity index (χ4n) is 3.91. The topological polar surface area (TPSA) is 65.3 Å². The van der Waals surface area contributed by atoms with Crippen LogP contribution in [0.2, 0.25) is 5.02 Å². The number of phenols is 1. The molecule has 0 radical (unpaired) electrons. The number of phenolic OH excluding ortho intramolecular Hbond substituents is 1. The molecule has 8 heteroatoms. The second-order valence-corrected chi connectivity index (χ2v) is 7.49. The van der Waals surface area contributed by atoms with E-state index in [1.165, 1.54) is 12.1 Å². The maximum Gasteiger partial charge on any atom is 0.292 e. The molecule has 4 rings (SSSR count). The summed E-state index contributed by atoms with van der Waals surface area (Å²) in [6, 6.07) is 10.5. The molecule has 28 heavy (non-hydrogen) atoms. The SMILES string of the molecule is O=C1C[C@@H]([NH+]2CCN(c3ccc(O)cc3)CC2)C(=O)N1c1ccc(F)c(Cl)c1. The van der Waals surface area contributed by atoms with Crippen LogP contribution < -0.4 is 14.7 Å². The van der Waals surface area contributed by atoms with Crippen LogP contribution in [0.4, 0.5) is 15.8 Å². The van der Waals surface area contributed by atoms with E-state index < -0.39 is 11.9 Å². The molecule has 2 aliphatic heterocycles. The number of halogens is 2. The van der Waals surface area contributed by atoms with Crippen LogP contribution in [-0.4, -0.2) is 49.1 Å². The molecule has 2 N–H and O–H groups in total. The largest absolute Gasteiger partial charge is 0.508 e. The average molecular weight is 405 g/mol. The Bertz CT molecular complexity index is 913. The van der Waals surface area contributed by atoms with E-state index in [-0.39, 0.29) is 29.0 Å². The molecule has 1 atom stereocenters. The molecule has 0 spiro atoms. The van der Waals surface area contributed by atoms with Crippen molar-refractivity contribution in [1.29, 1.82) is 0 Å². The predicted molar refractivity (Wildman–Crippen MR) is 103 cm³/mol. The smallest absolute Gasteiger partial charge is 0.292 e. The van der Waals surface area contributed by atoms with Crippen LogP contribution in [0, 0.1) is 5.82 Å². The summed E-state index contributed by atoms with van der Waals surface area (Å²) in [5.74, 6) is -0.909. The highest BCUT2D eigenvalue weighted by Gasteiger charge is 2.46. The first-order valence-electron chi connectivity index (χ1n) is 9.14. The fourth-order valence-corrected chi connectivity index (χ4v) is 4.09. The van der Waals surface area contributed by atoms with Crippen LogP contribution in [-0.2, 0) is 9.59 Å². The number of rotatable bonds is 3. The van der Waals surface area contributed by atoms with Crippen LogP contribution in [0.3, 0.4) is 0 Å². The quantitative estimate of drug-likeness (QED) is 0.755. The second-order valence-electron chi connectivity index (χ2n) is 7.08. The Kier molecular flexibility index (Phi) is 4.95. The van der Waals surface area contributed by atoms with E-state index in [0.29, 0.717) is 5.69 Å². The lowest BCUT2D eigenvalue weighted by molar-refractivity contribution is -0.915. The van der Waals surface area contributed by atoms with E-state index in [9.17, 15) is 19.1 Å². The van der Waals surface area contributed by atoms with Gasteiger partial charge in [0.25, 0.3) is 5.91 Å². The number of nitrogens with one attached hydrogen (secondary N) is 1. The Morgan fingerprint density at radius 3 is 2.32 bits per heavy atom. The summed E-state index contributed by atoms with van der Waals surface area (Å²) >= 11 is 5.81. The molecule has 2 aromatic rings. The molecule has 2 amide bonds. The summed E-state index contributed by atoms with van der Waals surface area (Å²) in [4.78, 5) is 29.8. The fraction of sp³-hybridized carbons (Fsp3) is 0.300. The lowest BCUT2D eigenvalue weighted by Crippen LogP contribution is -3.19. The Morgan fingerprint density at radius 1 is 1.04 bits per heavy atom. The van der Waals surface area contributed by atoms with Gasteiger partial charge in [0, 0.05) is 5.69 Å². The molecule has 0 bridgehead atoms. The number of nitrogens with zero attached hydrogens (tertiary/aromatic N) is 2. The number of piperazine rings is 1. The molecule has 0 unspecified atom stereocenters. The van der Waals surface area contributed by atoms with Gasteiger partial charge in [-0.1, -0.05) is 11.6 Å². The normalized spacial score (nSPS) is 20.9. The third-order valence-corrected chi connectivity index (χ3v) is 5.71. The number of quaternary nitrogens is 1. The van der Waals surface area contributed by atoms with E-state index in [4.69, 9.17) is 11.6 Å². The molecule has 2 heterocycles. The van der Waals surface area contributed by atoms with Crippen molar-refractivity contribution in [1.82, 2.24) is 0 Å².